The molecule has 48 heavy (non-hydrogen) atoms. The van der Waals surface area contributed by atoms with E-state index in [-0.39, 0.29) is 25.6 Å². The van der Waals surface area contributed by atoms with E-state index in [1.807, 2.05) is 66.7 Å². The maximum atomic E-state index is 13.2. The molecule has 0 aliphatic carbocycles. The van der Waals surface area contributed by atoms with Crippen molar-refractivity contribution in [1.29, 1.82) is 0 Å². The average molecular weight is 663 g/mol. The van der Waals surface area contributed by atoms with Crippen LogP contribution in [0.3, 0.4) is 0 Å². The van der Waals surface area contributed by atoms with Gasteiger partial charge in [-0.15, -0.1) is 0 Å². The van der Waals surface area contributed by atoms with E-state index in [0.29, 0.717) is 39.0 Å². The normalized spacial score (nSPS) is 19.7. The fourth-order valence-corrected chi connectivity index (χ4v) is 6.32. The number of amides is 1. The summed E-state index contributed by atoms with van der Waals surface area (Å²) in [5.74, 6) is 1.68. The zero-order valence-electron chi connectivity index (χ0n) is 28.4. The molecule has 3 aromatic rings. The van der Waals surface area contributed by atoms with Crippen molar-refractivity contribution in [3.05, 3.63) is 89.5 Å². The summed E-state index contributed by atoms with van der Waals surface area (Å²) < 4.78 is 34.6. The number of methoxy groups -OCH3 is 2. The van der Waals surface area contributed by atoms with E-state index in [1.54, 1.807) is 19.1 Å². The van der Waals surface area contributed by atoms with E-state index in [1.165, 1.54) is 0 Å². The molecule has 0 saturated carbocycles. The Labute approximate surface area is 284 Å². The number of anilines is 1. The Bertz CT molecular complexity index is 1410. The number of hydrogen-bond acceptors (Lipinski definition) is 9. The highest BCUT2D eigenvalue weighted by atomic mass is 16.6. The molecule has 1 saturated heterocycles. The Morgan fingerprint density at radius 2 is 1.77 bits per heavy atom. The second kappa shape index (κ2) is 18.1. The maximum Gasteiger partial charge on any atom is 0.410 e. The van der Waals surface area contributed by atoms with Gasteiger partial charge in [-0.3, -0.25) is 0 Å². The van der Waals surface area contributed by atoms with Crippen molar-refractivity contribution < 1.29 is 38.3 Å². The predicted molar refractivity (Wildman–Crippen MR) is 184 cm³/mol. The summed E-state index contributed by atoms with van der Waals surface area (Å²) in [6.07, 6.45) is -0.00430. The Balaban J connectivity index is 1.29. The molecule has 1 N–H and O–H groups in total. The van der Waals surface area contributed by atoms with Crippen LogP contribution in [0.15, 0.2) is 72.8 Å². The van der Waals surface area contributed by atoms with Gasteiger partial charge in [-0.1, -0.05) is 55.5 Å². The van der Waals surface area contributed by atoms with Crippen LogP contribution in [-0.2, 0) is 32.2 Å². The number of nitrogens with zero attached hydrogens (tertiary/aromatic N) is 2. The first-order valence-electron chi connectivity index (χ1n) is 16.9. The van der Waals surface area contributed by atoms with Crippen LogP contribution in [0.5, 0.6) is 11.5 Å². The van der Waals surface area contributed by atoms with Crippen molar-refractivity contribution in [3.63, 3.8) is 0 Å². The molecule has 0 aromatic heterocycles. The lowest BCUT2D eigenvalue weighted by Crippen LogP contribution is -2.53. The van der Waals surface area contributed by atoms with Gasteiger partial charge in [0, 0.05) is 39.9 Å². The molecule has 0 radical (unpaired) electrons. The van der Waals surface area contributed by atoms with Crippen LogP contribution in [0.4, 0.5) is 10.5 Å². The van der Waals surface area contributed by atoms with Crippen molar-refractivity contribution in [2.45, 2.75) is 51.1 Å². The predicted octanol–water partition coefficient (Wildman–Crippen LogP) is 5.66. The van der Waals surface area contributed by atoms with Gasteiger partial charge in [0.1, 0.15) is 24.7 Å². The number of hydrogen-bond donors (Lipinski definition) is 1. The lowest BCUT2D eigenvalue weighted by atomic mass is 9.84. The largest absolute Gasteiger partial charge is 0.494 e. The lowest BCUT2D eigenvalue weighted by Gasteiger charge is -2.41. The van der Waals surface area contributed by atoms with Crippen molar-refractivity contribution in [2.24, 2.45) is 5.92 Å². The maximum absolute atomic E-state index is 13.2. The summed E-state index contributed by atoms with van der Waals surface area (Å²) in [4.78, 5) is 17.1. The molecule has 1 unspecified atom stereocenters. The summed E-state index contributed by atoms with van der Waals surface area (Å²) in [5.41, 5.74) is 3.85. The van der Waals surface area contributed by atoms with Gasteiger partial charge in [-0.2, -0.15) is 0 Å². The zero-order chi connectivity index (χ0) is 33.7. The number of rotatable bonds is 16. The summed E-state index contributed by atoms with van der Waals surface area (Å²) in [7, 11) is 3.43. The third-order valence-electron chi connectivity index (χ3n) is 8.91. The number of benzene rings is 3. The first-order valence-corrected chi connectivity index (χ1v) is 16.9. The van der Waals surface area contributed by atoms with Gasteiger partial charge in [0.2, 0.25) is 0 Å². The van der Waals surface area contributed by atoms with Crippen LogP contribution in [-0.4, -0.2) is 95.1 Å². The molecular weight excluding hydrogens is 612 g/mol. The van der Waals surface area contributed by atoms with Crippen LogP contribution in [0.25, 0.3) is 0 Å². The molecule has 10 nitrogen and oxygen atoms in total. The van der Waals surface area contributed by atoms with Gasteiger partial charge in [0.15, 0.2) is 0 Å². The highest BCUT2D eigenvalue weighted by Gasteiger charge is 2.40. The summed E-state index contributed by atoms with van der Waals surface area (Å²) in [5, 5.41) is 11.5. The number of aliphatic hydroxyl groups excluding tert-OH is 1. The minimum atomic E-state index is -0.858. The first-order chi connectivity index (χ1) is 23.4. The third-order valence-corrected chi connectivity index (χ3v) is 8.91. The number of β-amino-alcohol motifs (C(OH)–C–C–N with tert-alkyl or cyclic N) is 1. The molecule has 1 amide bonds. The van der Waals surface area contributed by atoms with Gasteiger partial charge >= 0.3 is 6.09 Å². The number of likely N-dealkylation sites (tertiary alicyclic amines) is 1. The first kappa shape index (κ1) is 35.5. The molecule has 10 heteroatoms. The monoisotopic (exact) mass is 662 g/mol. The Morgan fingerprint density at radius 3 is 2.54 bits per heavy atom. The van der Waals surface area contributed by atoms with Crippen LogP contribution in [0, 0.1) is 5.92 Å². The summed E-state index contributed by atoms with van der Waals surface area (Å²) >= 11 is 0. The smallest absolute Gasteiger partial charge is 0.410 e. The fraction of sp³-hybridized carbons (Fsp3) is 0.500. The standard InChI is InChI=1S/C38H50N2O8/c1-28(25-44-3)16-20-45-32-13-11-31(12-14-32)37-34(41)23-40(38(42)48-26-29-8-5-4-6-9-29)24-36(37)47-27-30-10-15-35-33(22-30)39(18-21-46-35)17-7-19-43-2/h4-6,8-15,22,28,34,36-37,41H,7,16-21,23-27H2,1-3H3/t28?,34-,36+,37+/m1/s1. The van der Waals surface area contributed by atoms with E-state index in [9.17, 15) is 9.90 Å². The Morgan fingerprint density at radius 1 is 0.958 bits per heavy atom. The molecule has 2 aliphatic heterocycles. The number of carbonyl (C=O) groups excluding carboxylic acids is 1. The molecule has 260 valence electrons. The number of carbonyl (C=O) groups is 1. The minimum absolute atomic E-state index is 0.139. The molecule has 2 aliphatic rings. The van der Waals surface area contributed by atoms with Crippen LogP contribution in [0.1, 0.15) is 42.4 Å². The highest BCUT2D eigenvalue weighted by molar-refractivity contribution is 5.68. The van der Waals surface area contributed by atoms with E-state index in [4.69, 9.17) is 28.4 Å². The fourth-order valence-electron chi connectivity index (χ4n) is 6.32. The Hall–Kier alpha value is -3.83. The van der Waals surface area contributed by atoms with E-state index in [0.717, 1.165) is 59.8 Å². The van der Waals surface area contributed by atoms with Crippen LogP contribution < -0.4 is 14.4 Å². The van der Waals surface area contributed by atoms with Gasteiger partial charge < -0.3 is 43.3 Å². The van der Waals surface area contributed by atoms with E-state index >= 15 is 0 Å². The molecular formula is C38H50N2O8. The molecule has 0 bridgehead atoms. The average Bonchev–Trinajstić information content (AvgIpc) is 3.10. The van der Waals surface area contributed by atoms with Crippen molar-refractivity contribution in [2.75, 3.05) is 71.7 Å². The highest BCUT2D eigenvalue weighted by Crippen LogP contribution is 2.35. The van der Waals surface area contributed by atoms with Gasteiger partial charge in [0.25, 0.3) is 0 Å². The van der Waals surface area contributed by atoms with E-state index in [2.05, 4.69) is 17.9 Å². The number of fused-ring (bicyclic) bond motifs is 1. The van der Waals surface area contributed by atoms with Gasteiger partial charge in [-0.05, 0) is 59.7 Å². The topological polar surface area (TPSA) is 99.2 Å². The number of aliphatic hydroxyl groups is 1. The van der Waals surface area contributed by atoms with Crippen LogP contribution in [0.2, 0.25) is 0 Å². The second-order valence-electron chi connectivity index (χ2n) is 12.6. The van der Waals surface area contributed by atoms with E-state index < -0.39 is 18.3 Å². The number of ether oxygens (including phenoxy) is 6. The second-order valence-corrected chi connectivity index (χ2v) is 12.6. The minimum Gasteiger partial charge on any atom is -0.494 e. The van der Waals surface area contributed by atoms with Crippen molar-refractivity contribution >= 4 is 11.8 Å². The van der Waals surface area contributed by atoms with Crippen LogP contribution >= 0.6 is 0 Å². The SMILES string of the molecule is COCCCN1CCOc2ccc(CO[C@H]3CN(C(=O)OCc4ccccc4)C[C@@H](O)[C@@H]3c3ccc(OCCC(C)COC)cc3)cc21. The quantitative estimate of drug-likeness (QED) is 0.195. The van der Waals surface area contributed by atoms with Gasteiger partial charge in [-0.25, -0.2) is 4.79 Å². The third kappa shape index (κ3) is 9.85. The molecule has 3 aromatic carbocycles. The molecule has 4 atom stereocenters. The number of piperidine rings is 1. The summed E-state index contributed by atoms with van der Waals surface area (Å²) in [6, 6.07) is 23.5. The summed E-state index contributed by atoms with van der Waals surface area (Å²) in [6.45, 7) is 7.34. The Kier molecular flexibility index (Phi) is 13.4. The molecule has 5 rings (SSSR count). The van der Waals surface area contributed by atoms with Gasteiger partial charge in [0.05, 0.1) is 50.7 Å². The van der Waals surface area contributed by atoms with Crippen molar-refractivity contribution in [3.8, 4) is 11.5 Å². The lowest BCUT2D eigenvalue weighted by molar-refractivity contribution is -0.0692. The zero-order valence-corrected chi connectivity index (χ0v) is 28.4. The molecule has 0 spiro atoms. The molecule has 1 fully saturated rings. The molecule has 2 heterocycles. The van der Waals surface area contributed by atoms with Crippen molar-refractivity contribution in [1.82, 2.24) is 4.90 Å².